The molecule has 0 fully saturated rings. The second-order valence-corrected chi connectivity index (χ2v) is 3.09. The first-order valence-corrected chi connectivity index (χ1v) is 4.15. The predicted molar refractivity (Wildman–Crippen MR) is 51.8 cm³/mol. The molecule has 0 aliphatic rings. The van der Waals surface area contributed by atoms with Crippen molar-refractivity contribution in [2.45, 2.75) is 6.18 Å². The molecule has 0 spiro atoms. The normalized spacial score (nSPS) is 11.2. The van der Waals surface area contributed by atoms with Gasteiger partial charge >= 0.3 is 6.18 Å². The van der Waals surface area contributed by atoms with Gasteiger partial charge in [0.05, 0.1) is 11.3 Å². The molecule has 82 valence electrons. The van der Waals surface area contributed by atoms with Gasteiger partial charge in [-0.15, -0.1) is 0 Å². The maximum Gasteiger partial charge on any atom is 0.418 e. The summed E-state index contributed by atoms with van der Waals surface area (Å²) in [6.45, 7) is 0. The van der Waals surface area contributed by atoms with Gasteiger partial charge in [0.25, 0.3) is 0 Å². The fourth-order valence-electron chi connectivity index (χ4n) is 1.01. The third kappa shape index (κ3) is 2.79. The minimum Gasteiger partial charge on any atom is -0.376 e. The average molecular weight is 238 g/mol. The van der Waals surface area contributed by atoms with Crippen molar-refractivity contribution in [2.24, 2.45) is 5.73 Å². The molecule has 0 amide bonds. The van der Waals surface area contributed by atoms with Crippen LogP contribution in [-0.2, 0) is 6.18 Å². The highest BCUT2D eigenvalue weighted by Crippen LogP contribution is 2.35. The van der Waals surface area contributed by atoms with Gasteiger partial charge in [-0.1, -0.05) is 6.07 Å². The molecular weight excluding hydrogens is 232 g/mol. The van der Waals surface area contributed by atoms with Crippen LogP contribution in [-0.4, -0.2) is 5.11 Å². The van der Waals surface area contributed by atoms with Crippen molar-refractivity contribution in [2.75, 3.05) is 5.32 Å². The summed E-state index contributed by atoms with van der Waals surface area (Å²) >= 11 is 4.35. The molecular formula is C8H6F4N2S. The number of nitrogens with one attached hydrogen (secondary N) is 1. The van der Waals surface area contributed by atoms with Crippen molar-refractivity contribution in [1.29, 1.82) is 0 Å². The number of nitrogens with two attached hydrogens (primary N) is 1. The molecule has 0 atom stereocenters. The highest BCUT2D eigenvalue weighted by atomic mass is 32.1. The van der Waals surface area contributed by atoms with Crippen molar-refractivity contribution in [1.82, 2.24) is 0 Å². The lowest BCUT2D eigenvalue weighted by atomic mass is 10.1. The van der Waals surface area contributed by atoms with Crippen molar-refractivity contribution in [3.8, 4) is 0 Å². The Labute approximate surface area is 88.1 Å². The van der Waals surface area contributed by atoms with Crippen LogP contribution in [0.5, 0.6) is 0 Å². The van der Waals surface area contributed by atoms with E-state index in [9.17, 15) is 17.6 Å². The van der Waals surface area contributed by atoms with Gasteiger partial charge in [0.1, 0.15) is 5.82 Å². The molecule has 3 N–H and O–H groups in total. The fourth-order valence-corrected chi connectivity index (χ4v) is 1.11. The van der Waals surface area contributed by atoms with Gasteiger partial charge in [-0.25, -0.2) is 4.39 Å². The number of anilines is 1. The van der Waals surface area contributed by atoms with E-state index in [1.807, 2.05) is 5.32 Å². The summed E-state index contributed by atoms with van der Waals surface area (Å²) in [5.74, 6) is -1.06. The number of para-hydroxylation sites is 1. The summed E-state index contributed by atoms with van der Waals surface area (Å²) in [5, 5.41) is 1.54. The Kier molecular flexibility index (Phi) is 3.13. The zero-order valence-corrected chi connectivity index (χ0v) is 8.05. The van der Waals surface area contributed by atoms with E-state index < -0.39 is 28.4 Å². The van der Waals surface area contributed by atoms with Gasteiger partial charge in [-0.2, -0.15) is 13.2 Å². The maximum atomic E-state index is 13.1. The highest BCUT2D eigenvalue weighted by molar-refractivity contribution is 7.80. The summed E-state index contributed by atoms with van der Waals surface area (Å²) in [4.78, 5) is 0. The summed E-state index contributed by atoms with van der Waals surface area (Å²) < 4.78 is 50.2. The molecule has 7 heteroatoms. The smallest absolute Gasteiger partial charge is 0.376 e. The Hall–Kier alpha value is -1.37. The Morgan fingerprint density at radius 3 is 2.40 bits per heavy atom. The zero-order chi connectivity index (χ0) is 11.6. The number of hydrogen-bond acceptors (Lipinski definition) is 1. The number of benzene rings is 1. The highest BCUT2D eigenvalue weighted by Gasteiger charge is 2.34. The van der Waals surface area contributed by atoms with E-state index in [0.29, 0.717) is 0 Å². The van der Waals surface area contributed by atoms with Gasteiger partial charge in [-0.05, 0) is 24.4 Å². The van der Waals surface area contributed by atoms with Crippen LogP contribution in [0.15, 0.2) is 18.2 Å². The van der Waals surface area contributed by atoms with Gasteiger partial charge < -0.3 is 11.1 Å². The van der Waals surface area contributed by atoms with Gasteiger partial charge in [-0.3, -0.25) is 0 Å². The largest absolute Gasteiger partial charge is 0.418 e. The summed E-state index contributed by atoms with van der Waals surface area (Å²) in [7, 11) is 0. The second-order valence-electron chi connectivity index (χ2n) is 2.65. The number of thiocarbonyl (C=S) groups is 1. The molecule has 1 aromatic rings. The summed E-state index contributed by atoms with van der Waals surface area (Å²) in [6, 6.07) is 2.59. The molecule has 1 rings (SSSR count). The van der Waals surface area contributed by atoms with Gasteiger partial charge in [0, 0.05) is 0 Å². The lowest BCUT2D eigenvalue weighted by molar-refractivity contribution is -0.137. The predicted octanol–water partition coefficient (Wildman–Crippen LogP) is 2.50. The van der Waals surface area contributed by atoms with Crippen LogP contribution >= 0.6 is 12.2 Å². The SMILES string of the molecule is NC(=S)Nc1c(F)cccc1C(F)(F)F. The summed E-state index contributed by atoms with van der Waals surface area (Å²) in [6.07, 6.45) is -4.66. The topological polar surface area (TPSA) is 38.0 Å². The first-order chi connectivity index (χ1) is 6.82. The molecule has 0 aliphatic heterocycles. The third-order valence-electron chi connectivity index (χ3n) is 1.57. The van der Waals surface area contributed by atoms with Crippen LogP contribution in [0.3, 0.4) is 0 Å². The maximum absolute atomic E-state index is 13.1. The average Bonchev–Trinajstić information content (AvgIpc) is 2.05. The molecule has 0 aliphatic carbocycles. The quantitative estimate of drug-likeness (QED) is 0.583. The van der Waals surface area contributed by atoms with E-state index in [1.54, 1.807) is 0 Å². The Morgan fingerprint density at radius 1 is 1.33 bits per heavy atom. The Bertz CT molecular complexity index is 389. The van der Waals surface area contributed by atoms with Gasteiger partial charge in [0.2, 0.25) is 0 Å². The number of alkyl halides is 3. The van der Waals surface area contributed by atoms with Crippen molar-refractivity contribution >= 4 is 23.0 Å². The van der Waals surface area contributed by atoms with E-state index in [4.69, 9.17) is 5.73 Å². The minimum atomic E-state index is -4.66. The molecule has 0 heterocycles. The lowest BCUT2D eigenvalue weighted by Crippen LogP contribution is -2.22. The zero-order valence-electron chi connectivity index (χ0n) is 7.23. The molecule has 2 nitrogen and oxygen atoms in total. The van der Waals surface area contributed by atoms with Crippen molar-refractivity contribution in [3.63, 3.8) is 0 Å². The molecule has 0 radical (unpaired) electrons. The fraction of sp³-hybridized carbons (Fsp3) is 0.125. The van der Waals surface area contributed by atoms with E-state index in [2.05, 4.69) is 12.2 Å². The minimum absolute atomic E-state index is 0.425. The molecule has 15 heavy (non-hydrogen) atoms. The van der Waals surface area contributed by atoms with E-state index in [0.717, 1.165) is 18.2 Å². The molecule has 0 saturated carbocycles. The standard InChI is InChI=1S/C8H6F4N2S/c9-5-3-1-2-4(8(10,11)12)6(5)14-7(13)15/h1-3H,(H3,13,14,15). The van der Waals surface area contributed by atoms with Crippen LogP contribution in [0.1, 0.15) is 5.56 Å². The molecule has 0 bridgehead atoms. The lowest BCUT2D eigenvalue weighted by Gasteiger charge is -2.13. The van der Waals surface area contributed by atoms with E-state index in [1.165, 1.54) is 0 Å². The third-order valence-corrected chi connectivity index (χ3v) is 1.67. The van der Waals surface area contributed by atoms with Crippen molar-refractivity contribution in [3.05, 3.63) is 29.6 Å². The Balaban J connectivity index is 3.26. The Morgan fingerprint density at radius 2 is 1.93 bits per heavy atom. The van der Waals surface area contributed by atoms with E-state index in [-0.39, 0.29) is 0 Å². The monoisotopic (exact) mass is 238 g/mol. The van der Waals surface area contributed by atoms with Gasteiger partial charge in [0.15, 0.2) is 5.11 Å². The molecule has 0 aromatic heterocycles. The van der Waals surface area contributed by atoms with Crippen LogP contribution in [0.25, 0.3) is 0 Å². The van der Waals surface area contributed by atoms with Crippen LogP contribution < -0.4 is 11.1 Å². The molecule has 1 aromatic carbocycles. The van der Waals surface area contributed by atoms with Crippen molar-refractivity contribution < 1.29 is 17.6 Å². The van der Waals surface area contributed by atoms with Crippen LogP contribution in [0, 0.1) is 5.82 Å². The number of halogens is 4. The second kappa shape index (κ2) is 4.01. The molecule has 0 saturated heterocycles. The van der Waals surface area contributed by atoms with Crippen LogP contribution in [0.4, 0.5) is 23.2 Å². The molecule has 0 unspecified atom stereocenters. The van der Waals surface area contributed by atoms with Crippen LogP contribution in [0.2, 0.25) is 0 Å². The summed E-state index contributed by atoms with van der Waals surface area (Å²) in [5.41, 5.74) is 3.10. The first kappa shape index (κ1) is 11.7. The number of rotatable bonds is 1. The number of hydrogen-bond donors (Lipinski definition) is 2. The first-order valence-electron chi connectivity index (χ1n) is 3.74. The van der Waals surface area contributed by atoms with E-state index >= 15 is 0 Å².